The number of hydrogen-bond donors (Lipinski definition) is 0. The van der Waals surface area contributed by atoms with Crippen LogP contribution < -0.4 is 4.74 Å². The fourth-order valence-corrected chi connectivity index (χ4v) is 3.30. The molecular weight excluding hydrogens is 282 g/mol. The molecule has 0 bridgehead atoms. The molecule has 0 saturated carbocycles. The van der Waals surface area contributed by atoms with Gasteiger partial charge in [-0.05, 0) is 26.3 Å². The zero-order valence-electron chi connectivity index (χ0n) is 13.7. The smallest absolute Gasteiger partial charge is 0.226 e. The van der Waals surface area contributed by atoms with Crippen LogP contribution >= 0.6 is 0 Å². The van der Waals surface area contributed by atoms with Crippen molar-refractivity contribution in [3.63, 3.8) is 0 Å². The molecule has 7 heteroatoms. The highest BCUT2D eigenvalue weighted by molar-refractivity contribution is 5.35. The van der Waals surface area contributed by atoms with E-state index in [0.29, 0.717) is 18.5 Å². The summed E-state index contributed by atoms with van der Waals surface area (Å²) in [5.41, 5.74) is 2.21. The van der Waals surface area contributed by atoms with E-state index in [1.165, 1.54) is 5.56 Å². The van der Waals surface area contributed by atoms with Crippen LogP contribution in [0, 0.1) is 6.92 Å². The Morgan fingerprint density at radius 3 is 2.91 bits per heavy atom. The van der Waals surface area contributed by atoms with E-state index in [-0.39, 0.29) is 0 Å². The second-order valence-electron chi connectivity index (χ2n) is 5.72. The summed E-state index contributed by atoms with van der Waals surface area (Å²) in [4.78, 5) is 6.80. The molecule has 2 aromatic rings. The molecule has 0 N–H and O–H groups in total. The molecule has 1 fully saturated rings. The topological polar surface area (TPSA) is 69.2 Å². The summed E-state index contributed by atoms with van der Waals surface area (Å²) in [5.74, 6) is 2.29. The molecule has 120 valence electrons. The van der Waals surface area contributed by atoms with E-state index < -0.39 is 0 Å². The number of nitrogens with zero attached hydrogens (tertiary/aromatic N) is 5. The van der Waals surface area contributed by atoms with Crippen molar-refractivity contribution in [2.24, 2.45) is 7.05 Å². The molecule has 0 unspecified atom stereocenters. The second kappa shape index (κ2) is 6.08. The van der Waals surface area contributed by atoms with Gasteiger partial charge in [0.05, 0.1) is 24.9 Å². The lowest BCUT2D eigenvalue weighted by molar-refractivity contribution is 0.231. The quantitative estimate of drug-likeness (QED) is 0.842. The third-order valence-corrected chi connectivity index (χ3v) is 4.26. The molecule has 0 amide bonds. The van der Waals surface area contributed by atoms with Gasteiger partial charge in [-0.1, -0.05) is 12.1 Å². The van der Waals surface area contributed by atoms with E-state index in [4.69, 9.17) is 9.26 Å². The van der Waals surface area contributed by atoms with Crippen LogP contribution in [-0.4, -0.2) is 38.5 Å². The van der Waals surface area contributed by atoms with E-state index in [2.05, 4.69) is 20.1 Å². The lowest BCUT2D eigenvalue weighted by atomic mass is 10.1. The molecule has 1 saturated heterocycles. The Morgan fingerprint density at radius 1 is 1.41 bits per heavy atom. The molecule has 0 radical (unpaired) electrons. The van der Waals surface area contributed by atoms with Gasteiger partial charge in [0.1, 0.15) is 0 Å². The molecule has 0 spiro atoms. The first-order valence-electron chi connectivity index (χ1n) is 7.77. The largest absolute Gasteiger partial charge is 0.481 e. The van der Waals surface area contributed by atoms with Crippen LogP contribution in [0.5, 0.6) is 5.88 Å². The summed E-state index contributed by atoms with van der Waals surface area (Å²) in [7, 11) is 3.62. The number of likely N-dealkylation sites (tertiary alicyclic amines) is 1. The van der Waals surface area contributed by atoms with Crippen LogP contribution in [0.4, 0.5) is 0 Å². The third-order valence-electron chi connectivity index (χ3n) is 4.26. The van der Waals surface area contributed by atoms with Gasteiger partial charge < -0.3 is 9.26 Å². The lowest BCUT2D eigenvalue weighted by Gasteiger charge is -2.23. The fourth-order valence-electron chi connectivity index (χ4n) is 3.30. The average Bonchev–Trinajstić information content (AvgIpc) is 3.19. The highest BCUT2D eigenvalue weighted by atomic mass is 16.5. The number of aromatic nitrogens is 4. The van der Waals surface area contributed by atoms with Crippen molar-refractivity contribution in [3.8, 4) is 5.88 Å². The number of rotatable bonds is 5. The molecule has 3 heterocycles. The Bertz CT molecular complexity index is 648. The first-order chi connectivity index (χ1) is 10.6. The summed E-state index contributed by atoms with van der Waals surface area (Å²) in [5, 5.41) is 8.57. The summed E-state index contributed by atoms with van der Waals surface area (Å²) in [6, 6.07) is 0.298. The van der Waals surface area contributed by atoms with Gasteiger partial charge in [-0.15, -0.1) is 0 Å². The summed E-state index contributed by atoms with van der Waals surface area (Å²) < 4.78 is 12.6. The molecule has 1 aliphatic heterocycles. The normalized spacial score (nSPS) is 19.0. The molecule has 0 aliphatic carbocycles. The van der Waals surface area contributed by atoms with Gasteiger partial charge in [0, 0.05) is 19.5 Å². The molecule has 3 rings (SSSR count). The Balaban J connectivity index is 1.84. The van der Waals surface area contributed by atoms with Gasteiger partial charge >= 0.3 is 0 Å². The summed E-state index contributed by atoms with van der Waals surface area (Å²) >= 11 is 0. The maximum absolute atomic E-state index is 5.55. The molecule has 0 aromatic carbocycles. The number of aryl methyl sites for hydroxylation is 3. The minimum Gasteiger partial charge on any atom is -0.481 e. The Morgan fingerprint density at radius 2 is 2.23 bits per heavy atom. The van der Waals surface area contributed by atoms with Gasteiger partial charge in [-0.25, -0.2) is 4.68 Å². The minimum atomic E-state index is 0.298. The highest BCUT2D eigenvalue weighted by Crippen LogP contribution is 2.39. The van der Waals surface area contributed by atoms with Crippen LogP contribution in [0.15, 0.2) is 4.52 Å². The van der Waals surface area contributed by atoms with Gasteiger partial charge in [-0.2, -0.15) is 10.1 Å². The fraction of sp³-hybridized carbons (Fsp3) is 0.667. The predicted octanol–water partition coefficient (Wildman–Crippen LogP) is 2.02. The molecule has 1 aliphatic rings. The van der Waals surface area contributed by atoms with Gasteiger partial charge in [0.15, 0.2) is 5.82 Å². The number of ether oxygens (including phenoxy) is 1. The minimum absolute atomic E-state index is 0.298. The Labute approximate surface area is 130 Å². The molecule has 22 heavy (non-hydrogen) atoms. The number of methoxy groups -OCH3 is 1. The van der Waals surface area contributed by atoms with Crippen LogP contribution in [0.25, 0.3) is 0 Å². The SMILES string of the molecule is CCc1nc(CN2CCC[C@@H]2c2c(C)nn(C)c2OC)no1. The Hall–Kier alpha value is -1.89. The predicted molar refractivity (Wildman–Crippen MR) is 80.6 cm³/mol. The van der Waals surface area contributed by atoms with Gasteiger partial charge in [-0.3, -0.25) is 4.90 Å². The maximum atomic E-state index is 5.55. The van der Waals surface area contributed by atoms with E-state index >= 15 is 0 Å². The Kier molecular flexibility index (Phi) is 4.15. The first kappa shape index (κ1) is 15.0. The van der Waals surface area contributed by atoms with Crippen molar-refractivity contribution in [1.29, 1.82) is 0 Å². The van der Waals surface area contributed by atoms with E-state index in [0.717, 1.165) is 43.2 Å². The number of hydrogen-bond acceptors (Lipinski definition) is 6. The van der Waals surface area contributed by atoms with Crippen molar-refractivity contribution in [1.82, 2.24) is 24.8 Å². The highest BCUT2D eigenvalue weighted by Gasteiger charge is 2.32. The van der Waals surface area contributed by atoms with Crippen molar-refractivity contribution in [2.45, 2.75) is 45.7 Å². The average molecular weight is 305 g/mol. The summed E-state index contributed by atoms with van der Waals surface area (Å²) in [6.07, 6.45) is 3.02. The summed E-state index contributed by atoms with van der Waals surface area (Å²) in [6.45, 7) is 5.78. The van der Waals surface area contributed by atoms with Crippen LogP contribution in [-0.2, 0) is 20.0 Å². The monoisotopic (exact) mass is 305 g/mol. The molecular formula is C15H23N5O2. The maximum Gasteiger partial charge on any atom is 0.226 e. The lowest BCUT2D eigenvalue weighted by Crippen LogP contribution is -2.24. The molecule has 1 atom stereocenters. The van der Waals surface area contributed by atoms with Crippen LogP contribution in [0.3, 0.4) is 0 Å². The van der Waals surface area contributed by atoms with E-state index in [9.17, 15) is 0 Å². The standard InChI is InChI=1S/C15H23N5O2/c1-5-13-16-12(18-22-13)9-20-8-6-7-11(20)14-10(2)17-19(3)15(14)21-4/h11H,5-9H2,1-4H3/t11-/m1/s1. The van der Waals surface area contributed by atoms with Crippen molar-refractivity contribution in [2.75, 3.05) is 13.7 Å². The first-order valence-corrected chi connectivity index (χ1v) is 7.77. The van der Waals surface area contributed by atoms with Crippen molar-refractivity contribution in [3.05, 3.63) is 23.0 Å². The van der Waals surface area contributed by atoms with Crippen molar-refractivity contribution >= 4 is 0 Å². The van der Waals surface area contributed by atoms with Crippen molar-refractivity contribution < 1.29 is 9.26 Å². The van der Waals surface area contributed by atoms with Crippen LogP contribution in [0.1, 0.15) is 48.8 Å². The van der Waals surface area contributed by atoms with E-state index in [1.807, 2.05) is 25.6 Å². The molecule has 2 aromatic heterocycles. The molecule has 7 nitrogen and oxygen atoms in total. The van der Waals surface area contributed by atoms with Crippen LogP contribution in [0.2, 0.25) is 0 Å². The second-order valence-corrected chi connectivity index (χ2v) is 5.72. The van der Waals surface area contributed by atoms with Gasteiger partial charge in [0.25, 0.3) is 0 Å². The zero-order valence-corrected chi connectivity index (χ0v) is 13.7. The third kappa shape index (κ3) is 2.61. The van der Waals surface area contributed by atoms with Gasteiger partial charge in [0.2, 0.25) is 11.8 Å². The van der Waals surface area contributed by atoms with E-state index in [1.54, 1.807) is 7.11 Å². The zero-order chi connectivity index (χ0) is 15.7.